The maximum atomic E-state index is 12.8. The van der Waals surface area contributed by atoms with Crippen molar-refractivity contribution in [3.8, 4) is 0 Å². The molecule has 0 fully saturated rings. The molecule has 0 aromatic heterocycles. The molecule has 0 bridgehead atoms. The van der Waals surface area contributed by atoms with E-state index in [-0.39, 0.29) is 0 Å². The van der Waals surface area contributed by atoms with Gasteiger partial charge in [-0.2, -0.15) is 0 Å². The lowest BCUT2D eigenvalue weighted by molar-refractivity contribution is 0.166. The summed E-state index contributed by atoms with van der Waals surface area (Å²) in [5, 5.41) is 9.87. The fourth-order valence-electron chi connectivity index (χ4n) is 1.21. The van der Waals surface area contributed by atoms with E-state index in [1.54, 1.807) is 6.07 Å². The van der Waals surface area contributed by atoms with E-state index >= 15 is 0 Å². The van der Waals surface area contributed by atoms with Crippen molar-refractivity contribution in [2.45, 2.75) is 25.9 Å². The molecule has 1 rings (SSSR count). The Balaban J connectivity index is 2.87. The Morgan fingerprint density at radius 2 is 2.15 bits per heavy atom. The van der Waals surface area contributed by atoms with E-state index in [1.165, 1.54) is 12.1 Å². The molecular weight excluding hydrogens is 191 g/mol. The minimum atomic E-state index is -0.613. The van der Waals surface area contributed by atoms with Crippen molar-refractivity contribution in [3.05, 3.63) is 34.6 Å². The van der Waals surface area contributed by atoms with Crippen LogP contribution in [0.2, 0.25) is 5.02 Å². The van der Waals surface area contributed by atoms with E-state index in [2.05, 4.69) is 0 Å². The Kier molecular flexibility index (Phi) is 3.70. The van der Waals surface area contributed by atoms with Gasteiger partial charge in [-0.05, 0) is 30.2 Å². The number of benzene rings is 1. The summed E-state index contributed by atoms with van der Waals surface area (Å²) in [7, 11) is 0. The zero-order valence-corrected chi connectivity index (χ0v) is 8.18. The van der Waals surface area contributed by atoms with Gasteiger partial charge in [0.2, 0.25) is 0 Å². The Morgan fingerprint density at radius 1 is 1.46 bits per heavy atom. The van der Waals surface area contributed by atoms with Crippen molar-refractivity contribution in [2.24, 2.45) is 0 Å². The van der Waals surface area contributed by atoms with Gasteiger partial charge in [-0.1, -0.05) is 24.9 Å². The molecule has 0 aliphatic rings. The highest BCUT2D eigenvalue weighted by Gasteiger charge is 2.08. The molecule has 0 amide bonds. The molecule has 0 unspecified atom stereocenters. The first-order chi connectivity index (χ1) is 6.13. The summed E-state index contributed by atoms with van der Waals surface area (Å²) in [5.74, 6) is -0.405. The molecule has 0 saturated carbocycles. The molecule has 0 saturated heterocycles. The van der Waals surface area contributed by atoms with Crippen LogP contribution in [0, 0.1) is 5.82 Å². The average Bonchev–Trinajstić information content (AvgIpc) is 2.03. The van der Waals surface area contributed by atoms with Crippen LogP contribution in [0.1, 0.15) is 31.4 Å². The van der Waals surface area contributed by atoms with Gasteiger partial charge < -0.3 is 5.11 Å². The lowest BCUT2D eigenvalue weighted by atomic mass is 10.1. The minimum Gasteiger partial charge on any atom is -0.388 e. The molecule has 1 atom stereocenters. The molecule has 72 valence electrons. The molecule has 1 nitrogen and oxygen atoms in total. The monoisotopic (exact) mass is 202 g/mol. The Morgan fingerprint density at radius 3 is 2.69 bits per heavy atom. The second-order valence-electron chi connectivity index (χ2n) is 3.01. The van der Waals surface area contributed by atoms with E-state index < -0.39 is 11.9 Å². The largest absolute Gasteiger partial charge is 0.388 e. The number of halogens is 2. The third kappa shape index (κ3) is 2.98. The fourth-order valence-corrected chi connectivity index (χ4v) is 1.44. The number of rotatable bonds is 3. The minimum absolute atomic E-state index is 0.324. The zero-order valence-electron chi connectivity index (χ0n) is 7.43. The van der Waals surface area contributed by atoms with Gasteiger partial charge in [-0.15, -0.1) is 0 Å². The van der Waals surface area contributed by atoms with Crippen molar-refractivity contribution >= 4 is 11.6 Å². The van der Waals surface area contributed by atoms with Crippen LogP contribution >= 0.6 is 11.6 Å². The Hall–Kier alpha value is -0.600. The number of aliphatic hydroxyl groups excluding tert-OH is 1. The van der Waals surface area contributed by atoms with E-state index in [4.69, 9.17) is 11.6 Å². The Bertz CT molecular complexity index is 268. The lowest BCUT2D eigenvalue weighted by Gasteiger charge is -2.09. The second-order valence-corrected chi connectivity index (χ2v) is 3.44. The third-order valence-corrected chi connectivity index (χ3v) is 2.05. The van der Waals surface area contributed by atoms with Gasteiger partial charge in [-0.25, -0.2) is 4.39 Å². The van der Waals surface area contributed by atoms with Gasteiger partial charge in [0.1, 0.15) is 5.82 Å². The highest BCUT2D eigenvalue weighted by molar-refractivity contribution is 6.30. The highest BCUT2D eigenvalue weighted by atomic mass is 35.5. The van der Waals surface area contributed by atoms with Crippen molar-refractivity contribution in [2.75, 3.05) is 0 Å². The summed E-state index contributed by atoms with van der Waals surface area (Å²) in [5.41, 5.74) is 0.548. The van der Waals surface area contributed by atoms with Crippen LogP contribution in [0.5, 0.6) is 0 Å². The highest BCUT2D eigenvalue weighted by Crippen LogP contribution is 2.22. The van der Waals surface area contributed by atoms with E-state index in [0.29, 0.717) is 17.0 Å². The van der Waals surface area contributed by atoms with E-state index in [1.807, 2.05) is 6.92 Å². The predicted octanol–water partition coefficient (Wildman–Crippen LogP) is 3.31. The summed E-state index contributed by atoms with van der Waals surface area (Å²) in [4.78, 5) is 0. The zero-order chi connectivity index (χ0) is 9.84. The summed E-state index contributed by atoms with van der Waals surface area (Å²) in [6.45, 7) is 1.96. The summed E-state index contributed by atoms with van der Waals surface area (Å²) < 4.78 is 12.8. The lowest BCUT2D eigenvalue weighted by Crippen LogP contribution is -1.97. The van der Waals surface area contributed by atoms with Gasteiger partial charge in [0.15, 0.2) is 0 Å². The quantitative estimate of drug-likeness (QED) is 0.798. The molecule has 0 radical (unpaired) electrons. The first-order valence-electron chi connectivity index (χ1n) is 4.27. The van der Waals surface area contributed by atoms with Crippen LogP contribution < -0.4 is 0 Å². The molecule has 13 heavy (non-hydrogen) atoms. The normalized spacial score (nSPS) is 12.9. The first kappa shape index (κ1) is 10.5. The molecule has 0 heterocycles. The molecule has 0 spiro atoms. The molecule has 0 aliphatic carbocycles. The summed E-state index contributed by atoms with van der Waals surface area (Å²) in [6.07, 6.45) is 0.868. The summed E-state index contributed by atoms with van der Waals surface area (Å²) in [6, 6.07) is 4.13. The van der Waals surface area contributed by atoms with Gasteiger partial charge in [0, 0.05) is 5.02 Å². The fraction of sp³-hybridized carbons (Fsp3) is 0.400. The van der Waals surface area contributed by atoms with Gasteiger partial charge in [0.25, 0.3) is 0 Å². The maximum Gasteiger partial charge on any atom is 0.125 e. The van der Waals surface area contributed by atoms with Crippen LogP contribution in [0.25, 0.3) is 0 Å². The molecule has 1 aromatic carbocycles. The summed E-state index contributed by atoms with van der Waals surface area (Å²) >= 11 is 5.64. The maximum absolute atomic E-state index is 12.8. The third-order valence-electron chi connectivity index (χ3n) is 1.83. The SMILES string of the molecule is CCC[C@H](O)c1cc(F)cc(Cl)c1. The standard InChI is InChI=1S/C10H12ClFO/c1-2-3-10(13)7-4-8(11)6-9(12)5-7/h4-6,10,13H,2-3H2,1H3/t10-/m0/s1. The van der Waals surface area contributed by atoms with Crippen LogP contribution in [0.3, 0.4) is 0 Å². The van der Waals surface area contributed by atoms with Crippen molar-refractivity contribution in [1.82, 2.24) is 0 Å². The van der Waals surface area contributed by atoms with Crippen LogP contribution in [-0.4, -0.2) is 5.11 Å². The van der Waals surface area contributed by atoms with Crippen LogP contribution in [0.15, 0.2) is 18.2 Å². The van der Waals surface area contributed by atoms with Crippen molar-refractivity contribution < 1.29 is 9.50 Å². The number of aliphatic hydroxyl groups is 1. The van der Waals surface area contributed by atoms with Crippen molar-refractivity contribution in [1.29, 1.82) is 0 Å². The molecule has 0 aliphatic heterocycles. The predicted molar refractivity (Wildman–Crippen MR) is 51.3 cm³/mol. The molecule has 1 aromatic rings. The number of hydrogen-bond donors (Lipinski definition) is 1. The van der Waals surface area contributed by atoms with Gasteiger partial charge in [-0.3, -0.25) is 0 Å². The smallest absolute Gasteiger partial charge is 0.125 e. The molecule has 3 heteroatoms. The van der Waals surface area contributed by atoms with Gasteiger partial charge >= 0.3 is 0 Å². The second kappa shape index (κ2) is 4.58. The van der Waals surface area contributed by atoms with E-state index in [9.17, 15) is 9.50 Å². The van der Waals surface area contributed by atoms with Crippen LogP contribution in [0.4, 0.5) is 4.39 Å². The van der Waals surface area contributed by atoms with E-state index in [0.717, 1.165) is 6.42 Å². The van der Waals surface area contributed by atoms with Crippen molar-refractivity contribution in [3.63, 3.8) is 0 Å². The topological polar surface area (TPSA) is 20.2 Å². The van der Waals surface area contributed by atoms with Gasteiger partial charge in [0.05, 0.1) is 6.10 Å². The Labute approximate surface area is 82.2 Å². The van der Waals surface area contributed by atoms with Crippen LogP contribution in [-0.2, 0) is 0 Å². The molecular formula is C10H12ClFO. The number of hydrogen-bond acceptors (Lipinski definition) is 1. The first-order valence-corrected chi connectivity index (χ1v) is 4.65. The average molecular weight is 203 g/mol. The molecule has 1 N–H and O–H groups in total.